The van der Waals surface area contributed by atoms with E-state index in [1.54, 1.807) is 30.5 Å². The second-order valence-corrected chi connectivity index (χ2v) is 7.90. The Labute approximate surface area is 150 Å². The Morgan fingerprint density at radius 2 is 2.00 bits per heavy atom. The zero-order valence-corrected chi connectivity index (χ0v) is 16.1. The van der Waals surface area contributed by atoms with E-state index in [-0.39, 0.29) is 4.90 Å². The summed E-state index contributed by atoms with van der Waals surface area (Å²) in [5.74, 6) is 0.966. The summed E-state index contributed by atoms with van der Waals surface area (Å²) in [6, 6.07) is 6.80. The topological polar surface area (TPSA) is 68.3 Å². The number of ether oxygens (including phenoxy) is 1. The summed E-state index contributed by atoms with van der Waals surface area (Å²) < 4.78 is 34.0. The summed E-state index contributed by atoms with van der Waals surface area (Å²) in [7, 11) is -3.59. The van der Waals surface area contributed by atoms with Gasteiger partial charge in [0.2, 0.25) is 10.0 Å². The van der Waals surface area contributed by atoms with Gasteiger partial charge < -0.3 is 4.74 Å². The van der Waals surface area contributed by atoms with E-state index in [4.69, 9.17) is 4.74 Å². The van der Waals surface area contributed by atoms with Crippen LogP contribution in [0, 0.1) is 5.92 Å². The Morgan fingerprint density at radius 1 is 1.20 bits per heavy atom. The highest BCUT2D eigenvalue weighted by molar-refractivity contribution is 7.89. The predicted octanol–water partition coefficient (Wildman–Crippen LogP) is 4.13. The van der Waals surface area contributed by atoms with Gasteiger partial charge in [-0.3, -0.25) is 4.98 Å². The molecule has 0 bridgehead atoms. The van der Waals surface area contributed by atoms with Crippen molar-refractivity contribution in [2.45, 2.75) is 51.3 Å². The molecule has 0 radical (unpaired) electrons. The predicted molar refractivity (Wildman–Crippen MR) is 101 cm³/mol. The summed E-state index contributed by atoms with van der Waals surface area (Å²) in [5.41, 5.74) is 0.574. The number of unbranched alkanes of at least 4 members (excludes halogenated alkanes) is 1. The van der Waals surface area contributed by atoms with Crippen molar-refractivity contribution in [3.63, 3.8) is 0 Å². The van der Waals surface area contributed by atoms with Crippen LogP contribution < -0.4 is 9.46 Å². The molecule has 25 heavy (non-hydrogen) atoms. The van der Waals surface area contributed by atoms with Crippen LogP contribution in [-0.2, 0) is 10.0 Å². The first-order valence-corrected chi connectivity index (χ1v) is 10.5. The van der Waals surface area contributed by atoms with Crippen molar-refractivity contribution < 1.29 is 13.2 Å². The fourth-order valence-electron chi connectivity index (χ4n) is 2.88. The lowest BCUT2D eigenvalue weighted by Crippen LogP contribution is -2.29. The third kappa shape index (κ3) is 4.92. The fourth-order valence-corrected chi connectivity index (χ4v) is 4.19. The number of hydrogen-bond donors (Lipinski definition) is 1. The van der Waals surface area contributed by atoms with Gasteiger partial charge in [0.25, 0.3) is 0 Å². The van der Waals surface area contributed by atoms with E-state index < -0.39 is 10.0 Å². The van der Waals surface area contributed by atoms with Gasteiger partial charge in [-0.2, -0.15) is 0 Å². The number of fused-ring (bicyclic) bond motifs is 1. The van der Waals surface area contributed by atoms with Crippen LogP contribution in [0.2, 0.25) is 0 Å². The van der Waals surface area contributed by atoms with Gasteiger partial charge in [0, 0.05) is 18.1 Å². The van der Waals surface area contributed by atoms with Gasteiger partial charge in [-0.1, -0.05) is 33.1 Å². The minimum atomic E-state index is -3.59. The molecular weight excluding hydrogens is 336 g/mol. The average molecular weight is 365 g/mol. The van der Waals surface area contributed by atoms with Gasteiger partial charge in [0.1, 0.15) is 11.3 Å². The number of aromatic nitrogens is 1. The number of benzene rings is 1. The molecule has 1 aromatic carbocycles. The molecule has 0 saturated heterocycles. The molecule has 2 rings (SSSR count). The van der Waals surface area contributed by atoms with Gasteiger partial charge in [-0.25, -0.2) is 13.1 Å². The highest BCUT2D eigenvalue weighted by atomic mass is 32.2. The van der Waals surface area contributed by atoms with Crippen molar-refractivity contribution in [2.75, 3.05) is 13.2 Å². The first-order chi connectivity index (χ1) is 12.0. The summed E-state index contributed by atoms with van der Waals surface area (Å²) in [6.07, 6.45) is 5.90. The monoisotopic (exact) mass is 364 g/mol. The van der Waals surface area contributed by atoms with Crippen LogP contribution in [0.3, 0.4) is 0 Å². The van der Waals surface area contributed by atoms with Gasteiger partial charge in [-0.15, -0.1) is 0 Å². The molecule has 0 aliphatic heterocycles. The molecule has 0 saturated carbocycles. The highest BCUT2D eigenvalue weighted by Crippen LogP contribution is 2.29. The molecule has 0 fully saturated rings. The minimum Gasteiger partial charge on any atom is -0.492 e. The number of pyridine rings is 1. The van der Waals surface area contributed by atoms with Crippen molar-refractivity contribution in [2.24, 2.45) is 5.92 Å². The van der Waals surface area contributed by atoms with Crippen molar-refractivity contribution in [3.05, 3.63) is 30.5 Å². The summed E-state index contributed by atoms with van der Waals surface area (Å²) in [6.45, 7) is 7.11. The second kappa shape index (κ2) is 9.15. The van der Waals surface area contributed by atoms with E-state index in [9.17, 15) is 8.42 Å². The Hall–Kier alpha value is -1.66. The number of hydrogen-bond acceptors (Lipinski definition) is 4. The highest BCUT2D eigenvalue weighted by Gasteiger charge is 2.20. The average Bonchev–Trinajstić information content (AvgIpc) is 2.62. The molecule has 0 aliphatic rings. The largest absolute Gasteiger partial charge is 0.492 e. The normalized spacial score (nSPS) is 13.1. The van der Waals surface area contributed by atoms with E-state index in [1.165, 1.54) is 0 Å². The lowest BCUT2D eigenvalue weighted by molar-refractivity contribution is 0.343. The van der Waals surface area contributed by atoms with E-state index in [1.807, 2.05) is 6.92 Å². The second-order valence-electron chi connectivity index (χ2n) is 6.16. The Kier molecular flexibility index (Phi) is 7.20. The quantitative estimate of drug-likeness (QED) is 0.688. The lowest BCUT2D eigenvalue weighted by atomic mass is 10.00. The smallest absolute Gasteiger partial charge is 0.241 e. The van der Waals surface area contributed by atoms with Gasteiger partial charge in [0.05, 0.1) is 11.5 Å². The van der Waals surface area contributed by atoms with Crippen molar-refractivity contribution in [1.82, 2.24) is 9.71 Å². The number of nitrogens with zero attached hydrogens (tertiary/aromatic N) is 1. The van der Waals surface area contributed by atoms with E-state index in [0.717, 1.165) is 25.7 Å². The van der Waals surface area contributed by atoms with E-state index in [2.05, 4.69) is 23.6 Å². The first-order valence-electron chi connectivity index (χ1n) is 9.03. The van der Waals surface area contributed by atoms with Crippen molar-refractivity contribution >= 4 is 20.9 Å². The van der Waals surface area contributed by atoms with Crippen molar-refractivity contribution in [3.8, 4) is 5.75 Å². The third-order valence-electron chi connectivity index (χ3n) is 4.39. The molecule has 138 valence electrons. The van der Waals surface area contributed by atoms with Crippen LogP contribution in [0.1, 0.15) is 46.5 Å². The summed E-state index contributed by atoms with van der Waals surface area (Å²) >= 11 is 0. The van der Waals surface area contributed by atoms with Crippen LogP contribution >= 0.6 is 0 Å². The number of sulfonamides is 1. The lowest BCUT2D eigenvalue weighted by Gasteiger charge is -2.16. The van der Waals surface area contributed by atoms with E-state index in [0.29, 0.717) is 35.7 Å². The first kappa shape index (κ1) is 19.7. The summed E-state index contributed by atoms with van der Waals surface area (Å²) in [5, 5.41) is 0.586. The maximum Gasteiger partial charge on any atom is 0.241 e. The Bertz CT molecular complexity index is 790. The molecule has 2 aromatic rings. The van der Waals surface area contributed by atoms with Gasteiger partial charge >= 0.3 is 0 Å². The molecule has 1 N–H and O–H groups in total. The third-order valence-corrected chi connectivity index (χ3v) is 5.87. The van der Waals surface area contributed by atoms with Crippen molar-refractivity contribution in [1.29, 1.82) is 0 Å². The van der Waals surface area contributed by atoms with E-state index >= 15 is 0 Å². The maximum atomic E-state index is 12.8. The fraction of sp³-hybridized carbons (Fsp3) is 0.526. The molecule has 0 spiro atoms. The minimum absolute atomic E-state index is 0.254. The van der Waals surface area contributed by atoms with Crippen LogP contribution in [0.25, 0.3) is 10.9 Å². The van der Waals surface area contributed by atoms with Crippen LogP contribution in [0.5, 0.6) is 5.75 Å². The number of rotatable bonds is 10. The standard InChI is InChI=1S/C19H28N2O3S/c1-4-7-9-15(5-2)14-21-25(22,23)18-12-11-17(24-6-3)19-16(18)10-8-13-20-19/h8,10-13,15,21H,4-7,9,14H2,1-3H3/t15-/m1/s1. The summed E-state index contributed by atoms with van der Waals surface area (Å²) in [4.78, 5) is 4.56. The molecular formula is C19H28N2O3S. The molecule has 1 atom stereocenters. The Balaban J connectivity index is 2.29. The van der Waals surface area contributed by atoms with Crippen LogP contribution in [0.4, 0.5) is 0 Å². The molecule has 0 aliphatic carbocycles. The van der Waals surface area contributed by atoms with Crippen LogP contribution in [-0.4, -0.2) is 26.6 Å². The molecule has 1 heterocycles. The zero-order chi connectivity index (χ0) is 18.3. The molecule has 1 aromatic heterocycles. The van der Waals surface area contributed by atoms with Crippen LogP contribution in [0.15, 0.2) is 35.4 Å². The SMILES string of the molecule is CCCC[C@@H](CC)CNS(=O)(=O)c1ccc(OCC)c2ncccc12. The Morgan fingerprint density at radius 3 is 2.68 bits per heavy atom. The molecule has 0 amide bonds. The number of nitrogens with one attached hydrogen (secondary N) is 1. The van der Waals surface area contributed by atoms with Gasteiger partial charge in [0.15, 0.2) is 0 Å². The molecule has 5 nitrogen and oxygen atoms in total. The zero-order valence-electron chi connectivity index (χ0n) is 15.3. The molecule has 6 heteroatoms. The maximum absolute atomic E-state index is 12.8. The molecule has 0 unspecified atom stereocenters. The van der Waals surface area contributed by atoms with Gasteiger partial charge in [-0.05, 0) is 43.5 Å².